The summed E-state index contributed by atoms with van der Waals surface area (Å²) in [6.45, 7) is 3.79. The summed E-state index contributed by atoms with van der Waals surface area (Å²) >= 11 is 0. The maximum Gasteiger partial charge on any atom is 0.256 e. The number of aromatic nitrogens is 5. The zero-order chi connectivity index (χ0) is 30.7. The van der Waals surface area contributed by atoms with E-state index in [0.717, 1.165) is 0 Å². The number of fused-ring (bicyclic) bond motifs is 1. The van der Waals surface area contributed by atoms with E-state index in [1.54, 1.807) is 55.3 Å². The van der Waals surface area contributed by atoms with Crippen molar-refractivity contribution < 1.29 is 27.8 Å². The van der Waals surface area contributed by atoms with Gasteiger partial charge in [0, 0.05) is 43.2 Å². The maximum atomic E-state index is 13.1. The number of halogens is 2. The van der Waals surface area contributed by atoms with Crippen LogP contribution in [0.2, 0.25) is 0 Å². The second-order valence-corrected chi connectivity index (χ2v) is 9.97. The number of likely N-dealkylation sites (tertiary alicyclic amines) is 1. The van der Waals surface area contributed by atoms with Crippen LogP contribution in [0.5, 0.6) is 11.5 Å². The molecule has 0 radical (unpaired) electrons. The average molecular weight is 592 g/mol. The Kier molecular flexibility index (Phi) is 8.58. The number of hydrogen-bond acceptors (Lipinski definition) is 8. The predicted octanol–water partition coefficient (Wildman–Crippen LogP) is 3.53. The smallest absolute Gasteiger partial charge is 0.256 e. The van der Waals surface area contributed by atoms with Gasteiger partial charge < -0.3 is 29.4 Å². The molecule has 5 rings (SSSR count). The molecule has 1 fully saturated rings. The molecule has 43 heavy (non-hydrogen) atoms. The SMILES string of the molecule is C=CC(=O)N1C[C@@H](n2nc(C#Cc3cc(OC)cc(OC)c3)c3c(N)ncc(-c4cn(CC(F)F)cn4)c32)C[C@@H]1COC. The highest BCUT2D eigenvalue weighted by atomic mass is 19.3. The van der Waals surface area contributed by atoms with Gasteiger partial charge in [-0.15, -0.1) is 0 Å². The van der Waals surface area contributed by atoms with Crippen LogP contribution in [0, 0.1) is 11.8 Å². The van der Waals surface area contributed by atoms with E-state index in [1.165, 1.54) is 23.2 Å². The standard InChI is InChI=1S/C30H31F2N7O4/c1-5-27(40)38-13-19(10-20(38)16-41-2)39-29-23(25-14-37(17-35-25)15-26(31)32)12-34-30(33)28(29)24(36-39)7-6-18-8-21(42-3)11-22(9-18)43-4/h5,8-9,11-12,14,17,19-20,26H,1,10,13,15-16H2,2-4H3,(H2,33,34)/t19-,20+/m0/s1. The van der Waals surface area contributed by atoms with Gasteiger partial charge in [0.15, 0.2) is 0 Å². The van der Waals surface area contributed by atoms with E-state index in [0.29, 0.717) is 64.5 Å². The summed E-state index contributed by atoms with van der Waals surface area (Å²) in [5, 5.41) is 5.38. The Morgan fingerprint density at radius 2 is 1.93 bits per heavy atom. The van der Waals surface area contributed by atoms with Crippen LogP contribution in [0.1, 0.15) is 23.7 Å². The van der Waals surface area contributed by atoms with Gasteiger partial charge in [-0.25, -0.2) is 18.7 Å². The molecule has 11 nitrogen and oxygen atoms in total. The second kappa shape index (κ2) is 12.5. The Morgan fingerprint density at radius 1 is 1.19 bits per heavy atom. The lowest BCUT2D eigenvalue weighted by Gasteiger charge is -2.22. The van der Waals surface area contributed by atoms with Crippen LogP contribution < -0.4 is 15.2 Å². The Labute approximate surface area is 246 Å². The van der Waals surface area contributed by atoms with Crippen LogP contribution in [-0.2, 0) is 16.1 Å². The molecular weight excluding hydrogens is 560 g/mol. The number of ether oxygens (including phenoxy) is 3. The molecule has 4 aromatic rings. The van der Waals surface area contributed by atoms with Crippen molar-refractivity contribution in [2.45, 2.75) is 31.5 Å². The lowest BCUT2D eigenvalue weighted by molar-refractivity contribution is -0.127. The summed E-state index contributed by atoms with van der Waals surface area (Å²) in [5.41, 5.74) is 8.94. The molecule has 3 aromatic heterocycles. The molecule has 0 aliphatic carbocycles. The minimum atomic E-state index is -2.54. The first-order chi connectivity index (χ1) is 20.8. The Bertz CT molecular complexity index is 1700. The van der Waals surface area contributed by atoms with Crippen LogP contribution in [0.25, 0.3) is 22.2 Å². The lowest BCUT2D eigenvalue weighted by Crippen LogP contribution is -2.37. The lowest BCUT2D eigenvalue weighted by atomic mass is 10.1. The van der Waals surface area contributed by atoms with E-state index < -0.39 is 13.0 Å². The monoisotopic (exact) mass is 591 g/mol. The van der Waals surface area contributed by atoms with Gasteiger partial charge in [0.05, 0.1) is 62.4 Å². The van der Waals surface area contributed by atoms with Crippen LogP contribution in [0.15, 0.2) is 49.6 Å². The van der Waals surface area contributed by atoms with E-state index in [-0.39, 0.29) is 23.8 Å². The normalized spacial score (nSPS) is 16.4. The third kappa shape index (κ3) is 6.00. The van der Waals surface area contributed by atoms with Gasteiger partial charge >= 0.3 is 0 Å². The first-order valence-corrected chi connectivity index (χ1v) is 13.4. The van der Waals surface area contributed by atoms with Crippen LogP contribution in [0.4, 0.5) is 14.6 Å². The fraction of sp³-hybridized carbons (Fsp3) is 0.333. The largest absolute Gasteiger partial charge is 0.497 e. The minimum Gasteiger partial charge on any atom is -0.497 e. The Morgan fingerprint density at radius 3 is 2.58 bits per heavy atom. The third-order valence-corrected chi connectivity index (χ3v) is 7.24. The molecular formula is C30H31F2N7O4. The fourth-order valence-corrected chi connectivity index (χ4v) is 5.31. The highest BCUT2D eigenvalue weighted by Gasteiger charge is 2.37. The van der Waals surface area contributed by atoms with Crippen LogP contribution in [-0.4, -0.2) is 82.1 Å². The molecule has 0 spiro atoms. The number of rotatable bonds is 9. The summed E-state index contributed by atoms with van der Waals surface area (Å²) in [6.07, 6.45) is 3.68. The Balaban J connectivity index is 1.69. The van der Waals surface area contributed by atoms with Crippen molar-refractivity contribution in [2.75, 3.05) is 40.2 Å². The number of pyridine rings is 1. The molecule has 0 unspecified atom stereocenters. The zero-order valence-electron chi connectivity index (χ0n) is 24.0. The number of nitrogens with zero attached hydrogens (tertiary/aromatic N) is 6. The van der Waals surface area contributed by atoms with Crippen molar-refractivity contribution in [3.8, 4) is 34.6 Å². The molecule has 2 N–H and O–H groups in total. The molecule has 1 aliphatic rings. The van der Waals surface area contributed by atoms with Gasteiger partial charge in [0.25, 0.3) is 6.43 Å². The average Bonchev–Trinajstić information content (AvgIpc) is 3.73. The number of imidazole rings is 1. The first kappa shape index (κ1) is 29.5. The molecule has 1 saturated heterocycles. The number of carbonyl (C=O) groups excluding carboxylic acids is 1. The van der Waals surface area contributed by atoms with E-state index in [1.807, 2.05) is 0 Å². The fourth-order valence-electron chi connectivity index (χ4n) is 5.31. The molecule has 1 amide bonds. The molecule has 0 bridgehead atoms. The summed E-state index contributed by atoms with van der Waals surface area (Å²) < 4.78 is 45.4. The molecule has 1 aliphatic heterocycles. The van der Waals surface area contributed by atoms with Crippen molar-refractivity contribution in [3.63, 3.8) is 0 Å². The van der Waals surface area contributed by atoms with Crippen molar-refractivity contribution in [2.24, 2.45) is 0 Å². The van der Waals surface area contributed by atoms with Gasteiger partial charge in [-0.3, -0.25) is 9.48 Å². The highest BCUT2D eigenvalue weighted by molar-refractivity contribution is 6.01. The summed E-state index contributed by atoms with van der Waals surface area (Å²) in [7, 11) is 4.68. The van der Waals surface area contributed by atoms with Crippen LogP contribution in [0.3, 0.4) is 0 Å². The number of benzene rings is 1. The van der Waals surface area contributed by atoms with E-state index in [9.17, 15) is 13.6 Å². The molecule has 13 heteroatoms. The first-order valence-electron chi connectivity index (χ1n) is 13.4. The number of amides is 1. The number of carbonyl (C=O) groups is 1. The summed E-state index contributed by atoms with van der Waals surface area (Å²) in [6, 6.07) is 4.77. The van der Waals surface area contributed by atoms with Crippen molar-refractivity contribution in [1.29, 1.82) is 0 Å². The number of alkyl halides is 2. The van der Waals surface area contributed by atoms with E-state index >= 15 is 0 Å². The van der Waals surface area contributed by atoms with E-state index in [2.05, 4.69) is 28.4 Å². The summed E-state index contributed by atoms with van der Waals surface area (Å²) in [4.78, 5) is 23.2. The quantitative estimate of drug-likeness (QED) is 0.232. The number of methoxy groups -OCH3 is 3. The minimum absolute atomic E-state index is 0.190. The molecule has 0 saturated carbocycles. The molecule has 224 valence electrons. The third-order valence-electron chi connectivity index (χ3n) is 7.24. The zero-order valence-corrected chi connectivity index (χ0v) is 24.0. The number of anilines is 1. The van der Waals surface area contributed by atoms with Gasteiger partial charge in [0.1, 0.15) is 23.0 Å². The molecule has 2 atom stereocenters. The molecule has 4 heterocycles. The summed E-state index contributed by atoms with van der Waals surface area (Å²) in [5.74, 6) is 7.35. The highest BCUT2D eigenvalue weighted by Crippen LogP contribution is 2.37. The Hall–Kier alpha value is -4.96. The maximum absolute atomic E-state index is 13.1. The van der Waals surface area contributed by atoms with E-state index in [4.69, 9.17) is 25.0 Å². The number of nitrogens with two attached hydrogens (primary N) is 1. The van der Waals surface area contributed by atoms with Crippen molar-refractivity contribution in [1.82, 2.24) is 29.2 Å². The van der Waals surface area contributed by atoms with Gasteiger partial charge in [-0.1, -0.05) is 12.5 Å². The second-order valence-electron chi connectivity index (χ2n) is 9.97. The van der Waals surface area contributed by atoms with Crippen molar-refractivity contribution >= 4 is 22.6 Å². The van der Waals surface area contributed by atoms with Gasteiger partial charge in [-0.2, -0.15) is 5.10 Å². The van der Waals surface area contributed by atoms with Crippen LogP contribution >= 0.6 is 0 Å². The van der Waals surface area contributed by atoms with Crippen molar-refractivity contribution in [3.05, 3.63) is 60.8 Å². The number of nitrogen functional groups attached to an aromatic ring is 1. The van der Waals surface area contributed by atoms with Gasteiger partial charge in [-0.05, 0) is 30.6 Å². The predicted molar refractivity (Wildman–Crippen MR) is 156 cm³/mol. The topological polar surface area (TPSA) is 123 Å². The van der Waals surface area contributed by atoms with Gasteiger partial charge in [0.2, 0.25) is 5.91 Å². The number of hydrogen-bond donors (Lipinski definition) is 1. The molecule has 1 aromatic carbocycles.